The molecule has 0 saturated heterocycles. The number of nitrogens with zero attached hydrogens (tertiary/aromatic N) is 1. The standard InChI is InChI=1S/C20H17NO4/c22-17-15-9-4-5-10-16(15)18(23)21(17)25-19(24)20(11-6-12-20)13-14-7-2-1-3-8-14/h1-5,7-10H,6,11-13H2. The van der Waals surface area contributed by atoms with E-state index in [-0.39, 0.29) is 11.1 Å². The Hall–Kier alpha value is -2.95. The van der Waals surface area contributed by atoms with Crippen LogP contribution in [0.25, 0.3) is 0 Å². The quantitative estimate of drug-likeness (QED) is 0.805. The third kappa shape index (κ3) is 2.52. The van der Waals surface area contributed by atoms with Gasteiger partial charge in [0.15, 0.2) is 0 Å². The van der Waals surface area contributed by atoms with Gasteiger partial charge in [-0.3, -0.25) is 9.59 Å². The highest BCUT2D eigenvalue weighted by Gasteiger charge is 2.49. The Morgan fingerprint density at radius 2 is 1.48 bits per heavy atom. The fourth-order valence-corrected chi connectivity index (χ4v) is 3.47. The van der Waals surface area contributed by atoms with Crippen LogP contribution in [0.3, 0.4) is 0 Å². The fraction of sp³-hybridized carbons (Fsp3) is 0.250. The second-order valence-electron chi connectivity index (χ2n) is 6.63. The third-order valence-corrected chi connectivity index (χ3v) is 5.06. The molecule has 0 bridgehead atoms. The smallest absolute Gasteiger partial charge is 0.329 e. The molecular weight excluding hydrogens is 318 g/mol. The molecule has 0 atom stereocenters. The summed E-state index contributed by atoms with van der Waals surface area (Å²) in [6.45, 7) is 0. The number of rotatable bonds is 4. The highest BCUT2D eigenvalue weighted by Crippen LogP contribution is 2.45. The first-order chi connectivity index (χ1) is 12.1. The molecule has 4 rings (SSSR count). The minimum Gasteiger partial charge on any atom is -0.329 e. The van der Waals surface area contributed by atoms with Crippen molar-refractivity contribution in [1.29, 1.82) is 0 Å². The first-order valence-electron chi connectivity index (χ1n) is 8.35. The fourth-order valence-electron chi connectivity index (χ4n) is 3.47. The van der Waals surface area contributed by atoms with Crippen LogP contribution in [-0.2, 0) is 16.1 Å². The monoisotopic (exact) mass is 335 g/mol. The summed E-state index contributed by atoms with van der Waals surface area (Å²) in [5.74, 6) is -1.66. The van der Waals surface area contributed by atoms with Gasteiger partial charge >= 0.3 is 5.97 Å². The molecular formula is C20H17NO4. The summed E-state index contributed by atoms with van der Waals surface area (Å²) in [5, 5.41) is 0.609. The predicted octanol–water partition coefficient (Wildman–Crippen LogP) is 3.15. The molecule has 5 heteroatoms. The number of benzene rings is 2. The van der Waals surface area contributed by atoms with Gasteiger partial charge in [0, 0.05) is 0 Å². The van der Waals surface area contributed by atoms with Gasteiger partial charge in [0.25, 0.3) is 11.8 Å². The van der Waals surface area contributed by atoms with Gasteiger partial charge in [-0.25, -0.2) is 4.79 Å². The third-order valence-electron chi connectivity index (χ3n) is 5.06. The maximum Gasteiger partial charge on any atom is 0.339 e. The second-order valence-corrected chi connectivity index (χ2v) is 6.63. The summed E-state index contributed by atoms with van der Waals surface area (Å²) in [6, 6.07) is 16.2. The minimum absolute atomic E-state index is 0.269. The van der Waals surface area contributed by atoms with Gasteiger partial charge in [-0.1, -0.05) is 53.9 Å². The molecule has 5 nitrogen and oxygen atoms in total. The highest BCUT2D eigenvalue weighted by molar-refractivity contribution is 6.20. The average Bonchev–Trinajstić information content (AvgIpc) is 2.84. The van der Waals surface area contributed by atoms with Crippen molar-refractivity contribution in [2.75, 3.05) is 0 Å². The zero-order valence-electron chi connectivity index (χ0n) is 13.6. The zero-order valence-corrected chi connectivity index (χ0v) is 13.6. The second kappa shape index (κ2) is 5.84. The zero-order chi connectivity index (χ0) is 17.4. The molecule has 0 radical (unpaired) electrons. The average molecular weight is 335 g/mol. The molecule has 2 amide bonds. The van der Waals surface area contributed by atoms with Gasteiger partial charge in [0.05, 0.1) is 16.5 Å². The lowest BCUT2D eigenvalue weighted by Gasteiger charge is -2.39. The SMILES string of the molecule is O=C1c2ccccc2C(=O)N1OC(=O)C1(Cc2ccccc2)CCC1. The van der Waals surface area contributed by atoms with Crippen LogP contribution < -0.4 is 0 Å². The van der Waals surface area contributed by atoms with Gasteiger partial charge in [-0.2, -0.15) is 0 Å². The Morgan fingerprint density at radius 1 is 0.920 bits per heavy atom. The number of amides is 2. The Morgan fingerprint density at radius 3 is 2.00 bits per heavy atom. The Balaban J connectivity index is 1.54. The van der Waals surface area contributed by atoms with Gasteiger partial charge in [-0.15, -0.1) is 0 Å². The van der Waals surface area contributed by atoms with E-state index in [1.807, 2.05) is 30.3 Å². The molecule has 0 unspecified atom stereocenters. The van der Waals surface area contributed by atoms with E-state index in [2.05, 4.69) is 0 Å². The van der Waals surface area contributed by atoms with Crippen molar-refractivity contribution in [3.63, 3.8) is 0 Å². The molecule has 1 saturated carbocycles. The van der Waals surface area contributed by atoms with Crippen molar-refractivity contribution < 1.29 is 19.2 Å². The van der Waals surface area contributed by atoms with Crippen LogP contribution in [0, 0.1) is 5.41 Å². The number of imide groups is 1. The van der Waals surface area contributed by atoms with Crippen LogP contribution in [0.15, 0.2) is 54.6 Å². The van der Waals surface area contributed by atoms with E-state index in [4.69, 9.17) is 4.84 Å². The molecule has 0 aromatic heterocycles. The molecule has 1 fully saturated rings. The Labute approximate surface area is 145 Å². The van der Waals surface area contributed by atoms with Gasteiger partial charge in [0.1, 0.15) is 0 Å². The summed E-state index contributed by atoms with van der Waals surface area (Å²) >= 11 is 0. The molecule has 0 N–H and O–H groups in total. The molecule has 2 aliphatic rings. The number of hydrogen-bond donors (Lipinski definition) is 0. The van der Waals surface area contributed by atoms with Crippen LogP contribution in [0.2, 0.25) is 0 Å². The van der Waals surface area contributed by atoms with Crippen LogP contribution in [-0.4, -0.2) is 22.8 Å². The topological polar surface area (TPSA) is 63.7 Å². The maximum absolute atomic E-state index is 12.8. The highest BCUT2D eigenvalue weighted by atomic mass is 16.7. The number of hydrogen-bond acceptors (Lipinski definition) is 4. The molecule has 2 aromatic carbocycles. The van der Waals surface area contributed by atoms with Crippen molar-refractivity contribution >= 4 is 17.8 Å². The van der Waals surface area contributed by atoms with E-state index in [9.17, 15) is 14.4 Å². The number of carbonyl (C=O) groups excluding carboxylic acids is 3. The molecule has 1 heterocycles. The normalized spacial score (nSPS) is 17.8. The van der Waals surface area contributed by atoms with Gasteiger partial charge in [0.2, 0.25) is 0 Å². The molecule has 126 valence electrons. The van der Waals surface area contributed by atoms with Crippen molar-refractivity contribution in [2.45, 2.75) is 25.7 Å². The minimum atomic E-state index is -0.656. The first kappa shape index (κ1) is 15.6. The van der Waals surface area contributed by atoms with Crippen LogP contribution in [0.1, 0.15) is 45.5 Å². The first-order valence-corrected chi connectivity index (χ1v) is 8.35. The van der Waals surface area contributed by atoms with Crippen molar-refractivity contribution in [3.05, 3.63) is 71.3 Å². The van der Waals surface area contributed by atoms with Crippen LogP contribution in [0.5, 0.6) is 0 Å². The summed E-state index contributed by atoms with van der Waals surface area (Å²) in [7, 11) is 0. The van der Waals surface area contributed by atoms with Crippen molar-refractivity contribution in [3.8, 4) is 0 Å². The van der Waals surface area contributed by atoms with E-state index in [0.29, 0.717) is 24.3 Å². The molecule has 0 spiro atoms. The molecule has 1 aliphatic carbocycles. The number of carbonyl (C=O) groups is 3. The van der Waals surface area contributed by atoms with E-state index < -0.39 is 23.2 Å². The van der Waals surface area contributed by atoms with E-state index >= 15 is 0 Å². The number of hydroxylamine groups is 2. The van der Waals surface area contributed by atoms with Crippen molar-refractivity contribution in [2.24, 2.45) is 5.41 Å². The lowest BCUT2D eigenvalue weighted by molar-refractivity contribution is -0.187. The Bertz CT molecular complexity index is 820. The Kier molecular flexibility index (Phi) is 3.64. The van der Waals surface area contributed by atoms with Gasteiger partial charge in [-0.05, 0) is 37.0 Å². The van der Waals surface area contributed by atoms with Gasteiger partial charge < -0.3 is 4.84 Å². The maximum atomic E-state index is 12.8. The van der Waals surface area contributed by atoms with Crippen LogP contribution in [0.4, 0.5) is 0 Å². The number of fused-ring (bicyclic) bond motifs is 1. The van der Waals surface area contributed by atoms with E-state index in [1.165, 1.54) is 0 Å². The summed E-state index contributed by atoms with van der Waals surface area (Å²) in [4.78, 5) is 42.8. The van der Waals surface area contributed by atoms with E-state index in [0.717, 1.165) is 12.0 Å². The largest absolute Gasteiger partial charge is 0.339 e. The summed E-state index contributed by atoms with van der Waals surface area (Å²) < 4.78 is 0. The summed E-state index contributed by atoms with van der Waals surface area (Å²) in [6.07, 6.45) is 2.88. The lowest BCUT2D eigenvalue weighted by atomic mass is 9.65. The van der Waals surface area contributed by atoms with Crippen LogP contribution >= 0.6 is 0 Å². The molecule has 25 heavy (non-hydrogen) atoms. The summed E-state index contributed by atoms with van der Waals surface area (Å²) in [5.41, 5.74) is 0.926. The van der Waals surface area contributed by atoms with Crippen molar-refractivity contribution in [1.82, 2.24) is 5.06 Å². The molecule has 1 aliphatic heterocycles. The predicted molar refractivity (Wildman–Crippen MR) is 89.5 cm³/mol. The van der Waals surface area contributed by atoms with E-state index in [1.54, 1.807) is 24.3 Å². The lowest BCUT2D eigenvalue weighted by Crippen LogP contribution is -2.45. The molecule has 2 aromatic rings.